The average molecular weight is 423 g/mol. The minimum Gasteiger partial charge on any atom is -0.356 e. The smallest absolute Gasteiger partial charge is 0.270 e. The molecular formula is C21H22N6O2S. The second-order valence-corrected chi connectivity index (χ2v) is 8.60. The van der Waals surface area contributed by atoms with E-state index in [2.05, 4.69) is 24.7 Å². The number of rotatable bonds is 7. The third-order valence-corrected chi connectivity index (χ3v) is 6.42. The van der Waals surface area contributed by atoms with Gasteiger partial charge in [-0.05, 0) is 43.9 Å². The van der Waals surface area contributed by atoms with Crippen LogP contribution in [0.1, 0.15) is 52.6 Å². The van der Waals surface area contributed by atoms with E-state index in [1.807, 2.05) is 17.0 Å². The van der Waals surface area contributed by atoms with Crippen LogP contribution >= 0.6 is 11.8 Å². The number of nitrogens with zero attached hydrogens (tertiary/aromatic N) is 5. The summed E-state index contributed by atoms with van der Waals surface area (Å²) in [6.07, 6.45) is 9.38. The van der Waals surface area contributed by atoms with E-state index in [1.54, 1.807) is 24.7 Å². The van der Waals surface area contributed by atoms with Crippen LogP contribution in [0.2, 0.25) is 0 Å². The van der Waals surface area contributed by atoms with Crippen LogP contribution in [-0.4, -0.2) is 60.2 Å². The fraction of sp³-hybridized carbons (Fsp3) is 0.381. The van der Waals surface area contributed by atoms with Gasteiger partial charge in [0.05, 0.1) is 5.75 Å². The molecule has 0 bridgehead atoms. The number of H-pyrrole nitrogens is 1. The van der Waals surface area contributed by atoms with Crippen molar-refractivity contribution in [3.05, 3.63) is 48.0 Å². The number of amides is 1. The Morgan fingerprint density at radius 2 is 1.90 bits per heavy atom. The van der Waals surface area contributed by atoms with Crippen molar-refractivity contribution in [1.82, 2.24) is 29.6 Å². The lowest BCUT2D eigenvalue weighted by Crippen LogP contribution is -2.27. The summed E-state index contributed by atoms with van der Waals surface area (Å²) in [5, 5.41) is 9.46. The molecule has 8 nitrogen and oxygen atoms in total. The lowest BCUT2D eigenvalue weighted by Gasteiger charge is -2.13. The first-order valence-electron chi connectivity index (χ1n) is 10.2. The Bertz CT molecular complexity index is 1070. The van der Waals surface area contributed by atoms with E-state index in [0.29, 0.717) is 17.3 Å². The number of carbonyl (C=O) groups is 2. The Morgan fingerprint density at radius 3 is 2.63 bits per heavy atom. The molecule has 0 atom stereocenters. The van der Waals surface area contributed by atoms with Crippen LogP contribution in [0.5, 0.6) is 0 Å². The monoisotopic (exact) mass is 422 g/mol. The van der Waals surface area contributed by atoms with Crippen LogP contribution in [-0.2, 0) is 0 Å². The quantitative estimate of drug-likeness (QED) is 0.464. The summed E-state index contributed by atoms with van der Waals surface area (Å²) in [5.74, 6) is 0.994. The van der Waals surface area contributed by atoms with E-state index in [4.69, 9.17) is 0 Å². The molecule has 0 radical (unpaired) electrons. The number of hydrogen-bond donors (Lipinski definition) is 1. The molecule has 1 saturated carbocycles. The average Bonchev–Trinajstić information content (AvgIpc) is 3.21. The lowest BCUT2D eigenvalue weighted by molar-refractivity contribution is 0.0787. The molecule has 2 fully saturated rings. The SMILES string of the molecule is O=C(CSc1nnc(-c2ccncc2)n1C1CC1)c1c[nH]c(C(=O)N2CCCC2)c1. The zero-order valence-corrected chi connectivity index (χ0v) is 17.3. The van der Waals surface area contributed by atoms with Gasteiger partial charge in [-0.25, -0.2) is 0 Å². The second kappa shape index (κ2) is 8.06. The van der Waals surface area contributed by atoms with Crippen molar-refractivity contribution in [3.63, 3.8) is 0 Å². The topological polar surface area (TPSA) is 96.8 Å². The molecule has 0 spiro atoms. The van der Waals surface area contributed by atoms with E-state index < -0.39 is 0 Å². The van der Waals surface area contributed by atoms with Gasteiger partial charge in [-0.15, -0.1) is 10.2 Å². The van der Waals surface area contributed by atoms with Gasteiger partial charge in [-0.1, -0.05) is 11.8 Å². The molecule has 1 aliphatic carbocycles. The molecule has 1 saturated heterocycles. The van der Waals surface area contributed by atoms with E-state index >= 15 is 0 Å². The van der Waals surface area contributed by atoms with Crippen molar-refractivity contribution in [2.45, 2.75) is 36.9 Å². The molecular weight excluding hydrogens is 400 g/mol. The van der Waals surface area contributed by atoms with Gasteiger partial charge in [0.25, 0.3) is 5.91 Å². The Hall–Kier alpha value is -2.94. The van der Waals surface area contributed by atoms with Crippen molar-refractivity contribution in [2.75, 3.05) is 18.8 Å². The van der Waals surface area contributed by atoms with E-state index in [9.17, 15) is 9.59 Å². The number of nitrogens with one attached hydrogen (secondary N) is 1. The van der Waals surface area contributed by atoms with Crippen LogP contribution < -0.4 is 0 Å². The van der Waals surface area contributed by atoms with Crippen molar-refractivity contribution >= 4 is 23.5 Å². The molecule has 30 heavy (non-hydrogen) atoms. The standard InChI is InChI=1S/C21H22N6O2S/c28-18(15-11-17(23-12-15)20(29)26-9-1-2-10-26)13-30-21-25-24-19(27(21)16-3-4-16)14-5-7-22-8-6-14/h5-8,11-12,16,23H,1-4,9-10,13H2. The molecule has 5 rings (SSSR count). The van der Waals surface area contributed by atoms with Crippen LogP contribution in [0.4, 0.5) is 0 Å². The minimum absolute atomic E-state index is 0.0327. The summed E-state index contributed by atoms with van der Waals surface area (Å²) < 4.78 is 2.13. The first-order valence-corrected chi connectivity index (χ1v) is 11.2. The zero-order valence-electron chi connectivity index (χ0n) is 16.5. The van der Waals surface area contributed by atoms with E-state index in [1.165, 1.54) is 11.8 Å². The van der Waals surface area contributed by atoms with E-state index in [0.717, 1.165) is 55.3 Å². The first kappa shape index (κ1) is 19.0. The minimum atomic E-state index is -0.0347. The third kappa shape index (κ3) is 3.77. The highest BCUT2D eigenvalue weighted by Crippen LogP contribution is 2.41. The molecule has 154 valence electrons. The van der Waals surface area contributed by atoms with Crippen LogP contribution in [0.25, 0.3) is 11.4 Å². The molecule has 1 aliphatic heterocycles. The molecule has 2 aliphatic rings. The maximum Gasteiger partial charge on any atom is 0.270 e. The van der Waals surface area contributed by atoms with Gasteiger partial charge in [0.2, 0.25) is 0 Å². The Labute approximate surface area is 178 Å². The maximum atomic E-state index is 12.7. The Balaban J connectivity index is 1.28. The summed E-state index contributed by atoms with van der Waals surface area (Å²) in [4.78, 5) is 34.1. The highest BCUT2D eigenvalue weighted by Gasteiger charge is 2.30. The number of thioether (sulfide) groups is 1. The summed E-state index contributed by atoms with van der Waals surface area (Å²) in [6.45, 7) is 1.57. The Kier molecular flexibility index (Phi) is 5.12. The molecule has 4 heterocycles. The third-order valence-electron chi connectivity index (χ3n) is 5.48. The number of aromatic amines is 1. The largest absolute Gasteiger partial charge is 0.356 e. The van der Waals surface area contributed by atoms with E-state index in [-0.39, 0.29) is 17.4 Å². The summed E-state index contributed by atoms with van der Waals surface area (Å²) >= 11 is 1.39. The molecule has 0 unspecified atom stereocenters. The number of Topliss-reactive ketones (excluding diaryl/α,β-unsaturated/α-hetero) is 1. The summed E-state index contributed by atoms with van der Waals surface area (Å²) in [5.41, 5.74) is 1.97. The number of hydrogen-bond acceptors (Lipinski definition) is 6. The number of pyridine rings is 1. The zero-order chi connectivity index (χ0) is 20.5. The highest BCUT2D eigenvalue weighted by molar-refractivity contribution is 7.99. The highest BCUT2D eigenvalue weighted by atomic mass is 32.2. The predicted molar refractivity (Wildman–Crippen MR) is 113 cm³/mol. The second-order valence-electron chi connectivity index (χ2n) is 7.66. The molecule has 3 aromatic rings. The molecule has 9 heteroatoms. The first-order chi connectivity index (χ1) is 14.7. The van der Waals surface area contributed by atoms with Gasteiger partial charge < -0.3 is 9.88 Å². The number of aromatic nitrogens is 5. The molecule has 1 amide bonds. The fourth-order valence-electron chi connectivity index (χ4n) is 3.72. The van der Waals surface area contributed by atoms with Crippen molar-refractivity contribution in [3.8, 4) is 11.4 Å². The lowest BCUT2D eigenvalue weighted by atomic mass is 10.2. The number of carbonyl (C=O) groups excluding carboxylic acids is 2. The van der Waals surface area contributed by atoms with Crippen LogP contribution in [0.3, 0.4) is 0 Å². The predicted octanol–water partition coefficient (Wildman–Crippen LogP) is 3.21. The van der Waals surface area contributed by atoms with Gasteiger partial charge in [0.1, 0.15) is 5.69 Å². The number of likely N-dealkylation sites (tertiary alicyclic amines) is 1. The van der Waals surface area contributed by atoms with Gasteiger partial charge >= 0.3 is 0 Å². The van der Waals surface area contributed by atoms with Gasteiger partial charge in [-0.3, -0.25) is 19.1 Å². The van der Waals surface area contributed by atoms with Crippen LogP contribution in [0, 0.1) is 0 Å². The molecule has 3 aromatic heterocycles. The molecule has 1 N–H and O–H groups in total. The summed E-state index contributed by atoms with van der Waals surface area (Å²) in [7, 11) is 0. The van der Waals surface area contributed by atoms with Gasteiger partial charge in [0.15, 0.2) is 16.8 Å². The number of ketones is 1. The van der Waals surface area contributed by atoms with Crippen LogP contribution in [0.15, 0.2) is 41.9 Å². The Morgan fingerprint density at radius 1 is 1.13 bits per heavy atom. The van der Waals surface area contributed by atoms with Gasteiger partial charge in [0, 0.05) is 48.8 Å². The normalized spacial score (nSPS) is 16.2. The van der Waals surface area contributed by atoms with Crippen molar-refractivity contribution in [2.24, 2.45) is 0 Å². The molecule has 0 aromatic carbocycles. The maximum absolute atomic E-state index is 12.7. The van der Waals surface area contributed by atoms with Crippen molar-refractivity contribution < 1.29 is 9.59 Å². The van der Waals surface area contributed by atoms with Crippen molar-refractivity contribution in [1.29, 1.82) is 0 Å². The van der Waals surface area contributed by atoms with Gasteiger partial charge in [-0.2, -0.15) is 0 Å². The fourth-order valence-corrected chi connectivity index (χ4v) is 4.62. The summed E-state index contributed by atoms with van der Waals surface area (Å²) in [6, 6.07) is 5.89.